The Hall–Kier alpha value is -11.2. The van der Waals surface area contributed by atoms with Gasteiger partial charge in [0.05, 0.1) is 80.8 Å². The van der Waals surface area contributed by atoms with E-state index in [1.165, 1.54) is 12.1 Å². The van der Waals surface area contributed by atoms with Gasteiger partial charge in [0.15, 0.2) is 19.7 Å². The lowest BCUT2D eigenvalue weighted by atomic mass is 10.1. The molecule has 0 atom stereocenters. The van der Waals surface area contributed by atoms with Crippen molar-refractivity contribution in [2.45, 2.75) is 57.3 Å². The van der Waals surface area contributed by atoms with Gasteiger partial charge in [-0.15, -0.1) is 0 Å². The fourth-order valence-electron chi connectivity index (χ4n) is 11.4. The maximum absolute atomic E-state index is 12.8. The largest absolute Gasteiger partial charge is 0.352 e. The molecule has 588 valence electrons. The first-order chi connectivity index (χ1) is 55.2. The van der Waals surface area contributed by atoms with E-state index in [9.17, 15) is 45.6 Å². The van der Waals surface area contributed by atoms with Crippen molar-refractivity contribution < 1.29 is 45.6 Å². The van der Waals surface area contributed by atoms with Gasteiger partial charge in [-0.2, -0.15) is 0 Å². The molecule has 0 bridgehead atoms. The average Bonchev–Trinajstić information content (AvgIpc) is 1.74. The zero-order chi connectivity index (χ0) is 82.3. The van der Waals surface area contributed by atoms with E-state index in [-0.39, 0.29) is 68.3 Å². The summed E-state index contributed by atoms with van der Waals surface area (Å²) in [7, 11) is -6.30. The van der Waals surface area contributed by atoms with E-state index >= 15 is 0 Å². The molecule has 5 heterocycles. The first kappa shape index (κ1) is 86.2. The van der Waals surface area contributed by atoms with Gasteiger partial charge in [0.1, 0.15) is 0 Å². The van der Waals surface area contributed by atoms with Crippen LogP contribution in [0.15, 0.2) is 255 Å². The van der Waals surface area contributed by atoms with Crippen molar-refractivity contribution in [1.29, 1.82) is 0 Å². The van der Waals surface area contributed by atoms with Crippen molar-refractivity contribution in [1.82, 2.24) is 30.2 Å². The summed E-state index contributed by atoms with van der Waals surface area (Å²) >= 11 is 37.7. The van der Waals surface area contributed by atoms with Crippen LogP contribution in [0.3, 0.4) is 0 Å². The van der Waals surface area contributed by atoms with Crippen molar-refractivity contribution >= 4 is 147 Å². The van der Waals surface area contributed by atoms with Crippen molar-refractivity contribution in [2.24, 2.45) is 0 Å². The summed E-state index contributed by atoms with van der Waals surface area (Å²) in [6.45, 7) is 8.77. The summed E-state index contributed by atoms with van der Waals surface area (Å²) in [4.78, 5) is 93.9. The Labute approximate surface area is 696 Å². The molecule has 0 saturated carbocycles. The molecule has 1 aliphatic heterocycles. The normalized spacial score (nSPS) is 11.6. The molecule has 13 rings (SSSR count). The molecular weight excluding hydrogens is 1620 g/mol. The van der Waals surface area contributed by atoms with Crippen LogP contribution in [0.5, 0.6) is 0 Å². The second-order valence-corrected chi connectivity index (χ2v) is 33.5. The number of carbonyl (C=O) groups excluding carboxylic acids is 6. The van der Waals surface area contributed by atoms with Gasteiger partial charge in [-0.1, -0.05) is 125 Å². The molecule has 20 nitrogen and oxygen atoms in total. The van der Waals surface area contributed by atoms with E-state index < -0.39 is 24.9 Å². The van der Waals surface area contributed by atoms with Gasteiger partial charge >= 0.3 is 0 Å². The lowest BCUT2D eigenvalue weighted by Crippen LogP contribution is -2.27. The highest BCUT2D eigenvalue weighted by Gasteiger charge is 2.24. The summed E-state index contributed by atoms with van der Waals surface area (Å²) in [5, 5.41) is 16.1. The number of carbonyl (C=O) groups is 6. The topological polar surface area (TPSA) is 286 Å². The third-order valence-electron chi connectivity index (χ3n) is 17.7. The Balaban J connectivity index is 0.000000162. The number of nitrogens with zero attached hydrogens (tertiary/aromatic N) is 5. The summed E-state index contributed by atoms with van der Waals surface area (Å²) in [6.07, 6.45) is 8.74. The van der Waals surface area contributed by atoms with E-state index in [1.807, 2.05) is 79.7 Å². The molecule has 1 aliphatic rings. The molecule has 1 fully saturated rings. The predicted octanol–water partition coefficient (Wildman–Crippen LogP) is 20.2. The first-order valence-electron chi connectivity index (χ1n) is 36.0. The number of pyridine rings is 4. The lowest BCUT2D eigenvalue weighted by molar-refractivity contribution is 0.0791. The number of benzene rings is 8. The first-order valence-corrected chi connectivity index (χ1v) is 41.8. The van der Waals surface area contributed by atoms with Crippen LogP contribution >= 0.6 is 69.6 Å². The number of aromatic nitrogens is 4. The summed E-state index contributed by atoms with van der Waals surface area (Å²) in [5.41, 5.74) is 11.6. The minimum atomic E-state index is -3.19. The number of sulfone groups is 2. The minimum Gasteiger partial charge on any atom is -0.352 e. The molecule has 0 unspecified atom stereocenters. The number of likely N-dealkylation sites (tertiary alicyclic amines) is 1. The molecule has 12 aromatic rings. The molecule has 0 spiro atoms. The van der Waals surface area contributed by atoms with Crippen LogP contribution in [-0.2, 0) is 31.2 Å². The number of hydrogen-bond acceptors (Lipinski definition) is 14. The van der Waals surface area contributed by atoms with E-state index in [4.69, 9.17) is 69.6 Å². The minimum absolute atomic E-state index is 0.0317. The number of halogens is 6. The molecule has 0 radical (unpaired) electrons. The summed E-state index contributed by atoms with van der Waals surface area (Å²) in [6, 6.07) is 65.3. The van der Waals surface area contributed by atoms with E-state index in [0.717, 1.165) is 37.1 Å². The van der Waals surface area contributed by atoms with E-state index in [2.05, 4.69) is 46.5 Å². The smallest absolute Gasteiger partial charge is 0.257 e. The van der Waals surface area contributed by atoms with Crippen LogP contribution in [0.25, 0.3) is 45.0 Å². The Morgan fingerprint density at radius 1 is 0.374 bits per heavy atom. The molecule has 8 aromatic carbocycles. The molecule has 1 saturated heterocycles. The van der Waals surface area contributed by atoms with Crippen molar-refractivity contribution in [3.8, 4) is 45.0 Å². The van der Waals surface area contributed by atoms with Crippen molar-refractivity contribution in [3.63, 3.8) is 0 Å². The summed E-state index contributed by atoms with van der Waals surface area (Å²) in [5.74, 6) is -1.63. The van der Waals surface area contributed by atoms with Gasteiger partial charge in [0.2, 0.25) is 0 Å². The Morgan fingerprint density at radius 2 is 0.704 bits per heavy atom. The van der Waals surface area contributed by atoms with E-state index in [1.54, 1.807) is 196 Å². The Bertz CT molecular complexity index is 5730. The molecule has 5 N–H and O–H groups in total. The van der Waals surface area contributed by atoms with E-state index in [0.29, 0.717) is 122 Å². The lowest BCUT2D eigenvalue weighted by Gasteiger charge is -2.16. The summed E-state index contributed by atoms with van der Waals surface area (Å²) < 4.78 is 47.5. The third-order valence-corrected chi connectivity index (χ3v) is 23.4. The second kappa shape index (κ2) is 40.7. The second-order valence-electron chi connectivity index (χ2n) is 26.1. The van der Waals surface area contributed by atoms with Gasteiger partial charge in [0, 0.05) is 117 Å². The highest BCUT2D eigenvalue weighted by molar-refractivity contribution is 7.91. The molecule has 4 aromatic heterocycles. The number of hydrogen-bond donors (Lipinski definition) is 5. The molecule has 0 aliphatic carbocycles. The maximum atomic E-state index is 12.8. The van der Waals surface area contributed by atoms with Crippen LogP contribution in [0.4, 0.5) is 22.7 Å². The van der Waals surface area contributed by atoms with Crippen LogP contribution in [-0.4, -0.2) is 108 Å². The fraction of sp³-hybridized carbons (Fsp3) is 0.149. The Kier molecular flexibility index (Phi) is 30.5. The van der Waals surface area contributed by atoms with Gasteiger partial charge in [-0.3, -0.25) is 48.7 Å². The van der Waals surface area contributed by atoms with Crippen LogP contribution < -0.4 is 26.6 Å². The SMILES string of the molecule is CC(C)S(=O)(=O)Cc1ccc(C(=O)Nc2ccc(Cl)c(-c3ccccn3)c2)cc1.CCNC(=O)c1ccc(C(=O)Nc2ccc(Cl)c(-c3ccccn3)c2)c(Cl)c1.CCS(=O)(=O)Cc1ccc(C(=O)Nc2ccc(Cl)c(-c3ccccn3)c2)cc1.O=C(Nc1ccc(Cl)c(-c2ccccn2)c1)c1ccc(C(=O)N2CCCC2)cc1Cl. The Morgan fingerprint density at radius 3 is 1.03 bits per heavy atom. The standard InChI is InChI=1S/C23H19Cl2N3O2.C22H21ClN2O3S.C21H17Cl2N3O2.C21H19ClN2O3S/c24-19-9-7-16(14-18(19)21-5-1-2-10-26-21)27-22(29)17-8-6-15(13-20(17)25)23(30)28-11-3-4-12-28;1-15(2)29(27,28)14-16-6-8-17(9-7-16)22(26)25-18-10-11-20(23)19(13-18)21-5-3-4-12-24-21;1-2-24-20(27)13-6-8-15(18(23)11-13)21(28)26-14-7-9-17(22)16(12-14)19-5-3-4-10-25-19;1-2-28(26,27)14-15-6-8-16(9-7-15)21(25)24-17-10-11-19(22)18(13-17)20-5-3-4-12-23-20/h1-2,5-10,13-14H,3-4,11-12H2,(H,27,29);3-13,15H,14H2,1-2H3,(H,25,26);3-12H,2H2,1H3,(H,24,27)(H,26,28);3-13H,2,14H2,1H3,(H,24,25). The van der Waals surface area contributed by atoms with Crippen LogP contribution in [0.1, 0.15) is 114 Å². The molecule has 28 heteroatoms. The van der Waals surface area contributed by atoms with Crippen molar-refractivity contribution in [2.75, 3.05) is 46.7 Å². The quantitative estimate of drug-likeness (QED) is 0.0447. The zero-order valence-corrected chi connectivity index (χ0v) is 68.6. The fourth-order valence-corrected chi connectivity index (χ4v) is 14.7. The predicted molar refractivity (Wildman–Crippen MR) is 460 cm³/mol. The highest BCUT2D eigenvalue weighted by Crippen LogP contribution is 2.35. The number of rotatable bonds is 21. The van der Waals surface area contributed by atoms with Gasteiger partial charge in [-0.25, -0.2) is 16.8 Å². The van der Waals surface area contributed by atoms with Gasteiger partial charge in [0.25, 0.3) is 35.4 Å². The maximum Gasteiger partial charge on any atom is 0.257 e. The molecule has 6 amide bonds. The zero-order valence-electron chi connectivity index (χ0n) is 62.4. The average molecular weight is 1700 g/mol. The van der Waals surface area contributed by atoms with Crippen LogP contribution in [0.2, 0.25) is 30.1 Å². The molecular formula is C87H76Cl6N10O10S2. The third kappa shape index (κ3) is 24.2. The van der Waals surface area contributed by atoms with Crippen molar-refractivity contribution in [3.05, 3.63) is 330 Å². The number of nitrogens with one attached hydrogen (secondary N) is 5. The highest BCUT2D eigenvalue weighted by atomic mass is 35.5. The number of anilines is 4. The monoisotopic (exact) mass is 1690 g/mol. The molecule has 115 heavy (non-hydrogen) atoms. The number of amides is 6. The van der Waals surface area contributed by atoms with Gasteiger partial charge in [-0.05, 0) is 227 Å². The van der Waals surface area contributed by atoms with Crippen LogP contribution in [0, 0.1) is 0 Å². The van der Waals surface area contributed by atoms with Gasteiger partial charge < -0.3 is 31.5 Å².